The van der Waals surface area contributed by atoms with Crippen molar-refractivity contribution in [2.24, 2.45) is 0 Å². The Balaban J connectivity index is 1.67. The maximum Gasteiger partial charge on any atom is 0.416 e. The first-order valence-electron chi connectivity index (χ1n) is 8.57. The highest BCUT2D eigenvalue weighted by molar-refractivity contribution is 7.99. The van der Waals surface area contributed by atoms with Crippen molar-refractivity contribution in [2.45, 2.75) is 24.8 Å². The van der Waals surface area contributed by atoms with Crippen LogP contribution in [-0.2, 0) is 17.5 Å². The summed E-state index contributed by atoms with van der Waals surface area (Å²) < 4.78 is 53.2. The number of amides is 1. The van der Waals surface area contributed by atoms with Crippen molar-refractivity contribution < 1.29 is 22.4 Å². The van der Waals surface area contributed by atoms with Gasteiger partial charge in [0, 0.05) is 17.8 Å². The topological polar surface area (TPSA) is 59.8 Å². The van der Waals surface area contributed by atoms with Gasteiger partial charge in [-0.3, -0.25) is 4.79 Å². The molecule has 3 rings (SSSR count). The number of thioether (sulfide) groups is 1. The highest BCUT2D eigenvalue weighted by Crippen LogP contribution is 2.31. The van der Waals surface area contributed by atoms with E-state index in [9.17, 15) is 22.4 Å². The fourth-order valence-electron chi connectivity index (χ4n) is 2.59. The molecule has 0 atom stereocenters. The largest absolute Gasteiger partial charge is 0.416 e. The maximum absolute atomic E-state index is 13.1. The number of nitrogens with zero attached hydrogens (tertiary/aromatic N) is 3. The molecule has 0 aliphatic rings. The summed E-state index contributed by atoms with van der Waals surface area (Å²) in [6, 6.07) is 10.2. The normalized spacial score (nSPS) is 11.5. The summed E-state index contributed by atoms with van der Waals surface area (Å²) in [5.74, 6) is -0.355. The molecular formula is C19H16F4N4OS. The molecule has 0 aliphatic carbocycles. The van der Waals surface area contributed by atoms with Crippen molar-refractivity contribution in [3.63, 3.8) is 0 Å². The number of halogens is 4. The number of hydrogen-bond donors (Lipinski definition) is 1. The molecule has 1 amide bonds. The summed E-state index contributed by atoms with van der Waals surface area (Å²) in [5.41, 5.74) is -0.0898. The minimum Gasteiger partial charge on any atom is -0.325 e. The van der Waals surface area contributed by atoms with Gasteiger partial charge in [-0.1, -0.05) is 17.8 Å². The lowest BCUT2D eigenvalue weighted by atomic mass is 10.2. The second-order valence-electron chi connectivity index (χ2n) is 5.97. The van der Waals surface area contributed by atoms with Crippen molar-refractivity contribution in [1.29, 1.82) is 0 Å². The number of nitrogens with one attached hydrogen (secondary N) is 1. The van der Waals surface area contributed by atoms with Gasteiger partial charge in [0.2, 0.25) is 5.91 Å². The minimum absolute atomic E-state index is 0.0577. The Morgan fingerprint density at radius 1 is 1.14 bits per heavy atom. The van der Waals surface area contributed by atoms with Crippen LogP contribution in [0, 0.1) is 5.82 Å². The molecule has 0 radical (unpaired) electrons. The summed E-state index contributed by atoms with van der Waals surface area (Å²) in [5, 5.41) is 11.1. The van der Waals surface area contributed by atoms with E-state index >= 15 is 0 Å². The average Bonchev–Trinajstić information content (AvgIpc) is 3.09. The van der Waals surface area contributed by atoms with Gasteiger partial charge < -0.3 is 9.88 Å². The van der Waals surface area contributed by atoms with Crippen LogP contribution < -0.4 is 5.32 Å². The number of rotatable bonds is 6. The summed E-state index contributed by atoms with van der Waals surface area (Å²) in [6.07, 6.45) is -4.48. The third-order valence-electron chi connectivity index (χ3n) is 3.94. The van der Waals surface area contributed by atoms with E-state index in [4.69, 9.17) is 0 Å². The van der Waals surface area contributed by atoms with Crippen molar-refractivity contribution in [3.05, 3.63) is 59.9 Å². The van der Waals surface area contributed by atoms with Gasteiger partial charge in [0.25, 0.3) is 0 Å². The van der Waals surface area contributed by atoms with Crippen LogP contribution in [0.4, 0.5) is 23.2 Å². The van der Waals surface area contributed by atoms with Crippen molar-refractivity contribution in [2.75, 3.05) is 11.1 Å². The second-order valence-corrected chi connectivity index (χ2v) is 6.92. The number of carbonyl (C=O) groups is 1. The van der Waals surface area contributed by atoms with E-state index in [2.05, 4.69) is 15.5 Å². The molecule has 2 aromatic carbocycles. The first-order chi connectivity index (χ1) is 13.8. The summed E-state index contributed by atoms with van der Waals surface area (Å²) in [4.78, 5) is 12.1. The van der Waals surface area contributed by atoms with Crippen LogP contribution >= 0.6 is 11.8 Å². The molecule has 1 aromatic heterocycles. The Morgan fingerprint density at radius 3 is 2.52 bits per heavy atom. The highest BCUT2D eigenvalue weighted by Gasteiger charge is 2.30. The molecule has 1 heterocycles. The van der Waals surface area contributed by atoms with Gasteiger partial charge in [-0.25, -0.2) is 4.39 Å². The smallest absolute Gasteiger partial charge is 0.325 e. The zero-order valence-electron chi connectivity index (χ0n) is 15.2. The van der Waals surface area contributed by atoms with Gasteiger partial charge in [0.1, 0.15) is 5.82 Å². The van der Waals surface area contributed by atoms with Crippen molar-refractivity contribution in [3.8, 4) is 11.4 Å². The van der Waals surface area contributed by atoms with E-state index in [0.29, 0.717) is 23.1 Å². The zero-order chi connectivity index (χ0) is 21.0. The van der Waals surface area contributed by atoms with Crippen LogP contribution in [0.25, 0.3) is 11.4 Å². The summed E-state index contributed by atoms with van der Waals surface area (Å²) >= 11 is 1.11. The standard InChI is InChI=1S/C19H16F4N4OS/c1-2-27-17(12-6-8-14(20)9-7-12)25-26-18(27)29-11-16(28)24-15-5-3-4-13(10-15)19(21,22)23/h3-10H,2,11H2,1H3,(H,24,28). The molecule has 5 nitrogen and oxygen atoms in total. The van der Waals surface area contributed by atoms with Gasteiger partial charge in [-0.15, -0.1) is 10.2 Å². The van der Waals surface area contributed by atoms with Gasteiger partial charge >= 0.3 is 6.18 Å². The molecule has 0 saturated heterocycles. The Hall–Kier alpha value is -2.88. The third-order valence-corrected chi connectivity index (χ3v) is 4.91. The van der Waals surface area contributed by atoms with Crippen LogP contribution in [0.5, 0.6) is 0 Å². The monoisotopic (exact) mass is 424 g/mol. The van der Waals surface area contributed by atoms with Crippen LogP contribution in [0.1, 0.15) is 12.5 Å². The molecule has 0 bridgehead atoms. The minimum atomic E-state index is -4.48. The van der Waals surface area contributed by atoms with Crippen molar-refractivity contribution in [1.82, 2.24) is 14.8 Å². The SMILES string of the molecule is CCn1c(SCC(=O)Nc2cccc(C(F)(F)F)c2)nnc1-c1ccc(F)cc1. The summed E-state index contributed by atoms with van der Waals surface area (Å²) in [7, 11) is 0. The van der Waals surface area contributed by atoms with Crippen LogP contribution in [-0.4, -0.2) is 26.4 Å². The van der Waals surface area contributed by atoms with Crippen LogP contribution in [0.15, 0.2) is 53.7 Å². The Kier molecular flexibility index (Phi) is 6.21. The molecule has 1 N–H and O–H groups in total. The molecule has 10 heteroatoms. The van der Waals surface area contributed by atoms with Crippen molar-refractivity contribution >= 4 is 23.4 Å². The van der Waals surface area contributed by atoms with E-state index in [-0.39, 0.29) is 17.3 Å². The van der Waals surface area contributed by atoms with E-state index in [1.807, 2.05) is 6.92 Å². The highest BCUT2D eigenvalue weighted by atomic mass is 32.2. The molecule has 0 aliphatic heterocycles. The van der Waals surface area contributed by atoms with Crippen LogP contribution in [0.2, 0.25) is 0 Å². The third kappa shape index (κ3) is 5.14. The lowest BCUT2D eigenvalue weighted by molar-refractivity contribution is -0.137. The molecular weight excluding hydrogens is 408 g/mol. The van der Waals surface area contributed by atoms with E-state index in [1.165, 1.54) is 24.3 Å². The number of anilines is 1. The lowest BCUT2D eigenvalue weighted by Gasteiger charge is -2.10. The number of hydrogen-bond acceptors (Lipinski definition) is 4. The van der Waals surface area contributed by atoms with Gasteiger partial charge in [-0.2, -0.15) is 13.2 Å². The fraction of sp³-hybridized carbons (Fsp3) is 0.211. The Morgan fingerprint density at radius 2 is 1.86 bits per heavy atom. The molecule has 3 aromatic rings. The van der Waals surface area contributed by atoms with Gasteiger partial charge in [0.05, 0.1) is 11.3 Å². The molecule has 0 unspecified atom stereocenters. The first kappa shape index (κ1) is 20.8. The van der Waals surface area contributed by atoms with E-state index < -0.39 is 17.6 Å². The van der Waals surface area contributed by atoms with Gasteiger partial charge in [-0.05, 0) is 49.4 Å². The maximum atomic E-state index is 13.1. The fourth-order valence-corrected chi connectivity index (χ4v) is 3.40. The number of alkyl halides is 3. The number of benzene rings is 2. The average molecular weight is 424 g/mol. The quantitative estimate of drug-likeness (QED) is 0.454. The molecule has 0 fully saturated rings. The number of aromatic nitrogens is 3. The van der Waals surface area contributed by atoms with E-state index in [1.54, 1.807) is 16.7 Å². The Bertz CT molecular complexity index is 1000. The van der Waals surface area contributed by atoms with E-state index in [0.717, 1.165) is 23.9 Å². The predicted octanol–water partition coefficient (Wildman–Crippen LogP) is 4.85. The molecule has 29 heavy (non-hydrogen) atoms. The zero-order valence-corrected chi connectivity index (χ0v) is 16.0. The predicted molar refractivity (Wildman–Crippen MR) is 102 cm³/mol. The first-order valence-corrected chi connectivity index (χ1v) is 9.55. The second kappa shape index (κ2) is 8.64. The van der Waals surface area contributed by atoms with Crippen LogP contribution in [0.3, 0.4) is 0 Å². The molecule has 152 valence electrons. The lowest BCUT2D eigenvalue weighted by Crippen LogP contribution is -2.15. The Labute approximate surface area is 168 Å². The number of carbonyl (C=O) groups excluding carboxylic acids is 1. The van der Waals surface area contributed by atoms with Gasteiger partial charge in [0.15, 0.2) is 11.0 Å². The molecule has 0 spiro atoms. The molecule has 0 saturated carbocycles. The summed E-state index contributed by atoms with van der Waals surface area (Å²) in [6.45, 7) is 2.40.